The maximum atomic E-state index is 11.7. The molecule has 8 nitrogen and oxygen atoms in total. The Kier molecular flexibility index (Phi) is 10.7. The molecule has 0 bridgehead atoms. The van der Waals surface area contributed by atoms with Crippen LogP contribution in [-0.2, 0) is 13.2 Å². The number of halogens is 1. The Morgan fingerprint density at radius 2 is 1.78 bits per heavy atom. The zero-order valence-corrected chi connectivity index (χ0v) is 26.2. The molecule has 1 N–H and O–H groups in total. The molecule has 9 heteroatoms. The van der Waals surface area contributed by atoms with Gasteiger partial charge in [-0.3, -0.25) is 9.78 Å². The number of carbonyl (C=O) groups is 1. The number of hydrogen-bond acceptors (Lipinski definition) is 8. The van der Waals surface area contributed by atoms with Gasteiger partial charge in [0.25, 0.3) is 0 Å². The molecule has 1 saturated heterocycles. The molecule has 0 saturated carbocycles. The van der Waals surface area contributed by atoms with Crippen LogP contribution in [0.15, 0.2) is 67.0 Å². The summed E-state index contributed by atoms with van der Waals surface area (Å²) in [6.07, 6.45) is 5.31. The van der Waals surface area contributed by atoms with Gasteiger partial charge in [-0.1, -0.05) is 41.9 Å². The molecule has 0 amide bonds. The fourth-order valence-corrected chi connectivity index (χ4v) is 5.73. The van der Waals surface area contributed by atoms with Crippen LogP contribution in [-0.4, -0.2) is 53.6 Å². The molecule has 45 heavy (non-hydrogen) atoms. The average molecular weight is 626 g/mol. The van der Waals surface area contributed by atoms with Gasteiger partial charge in [-0.2, -0.15) is 5.26 Å². The summed E-state index contributed by atoms with van der Waals surface area (Å²) in [4.78, 5) is 18.1. The minimum Gasteiger partial charge on any atom is -0.493 e. The quantitative estimate of drug-likeness (QED) is 0.129. The Bertz CT molecular complexity index is 1700. The number of β-amino-alcohol motifs (C(OH)–C–C–N with tert-alkyl or cyclic N) is 1. The van der Waals surface area contributed by atoms with Gasteiger partial charge in [-0.25, -0.2) is 0 Å². The molecule has 1 aliphatic heterocycles. The number of ether oxygens (including phenoxy) is 3. The topological polar surface area (TPSA) is 105 Å². The maximum Gasteiger partial charge on any atom is 0.153 e. The van der Waals surface area contributed by atoms with E-state index in [1.54, 1.807) is 18.3 Å². The van der Waals surface area contributed by atoms with Crippen molar-refractivity contribution in [2.45, 2.75) is 46.0 Å². The molecule has 1 aliphatic rings. The number of carbonyl (C=O) groups excluding carboxylic acids is 1. The summed E-state index contributed by atoms with van der Waals surface area (Å²) in [6.45, 7) is 7.74. The predicted molar refractivity (Wildman–Crippen MR) is 173 cm³/mol. The Morgan fingerprint density at radius 1 is 1.00 bits per heavy atom. The van der Waals surface area contributed by atoms with Gasteiger partial charge < -0.3 is 24.2 Å². The van der Waals surface area contributed by atoms with Gasteiger partial charge in [0.1, 0.15) is 36.5 Å². The van der Waals surface area contributed by atoms with E-state index < -0.39 is 0 Å². The first kappa shape index (κ1) is 32.0. The third kappa shape index (κ3) is 8.00. The second kappa shape index (κ2) is 15.0. The SMILES string of the molecule is Cc1c(COc2cc(OCc3cncc(C#N)c3)c(C=O)cc2Cl)cccc1-c1cccc(OCCCN2CC[C@H](O)C2)c1C. The molecule has 0 aliphatic carbocycles. The van der Waals surface area contributed by atoms with Crippen molar-refractivity contribution in [1.82, 2.24) is 9.88 Å². The van der Waals surface area contributed by atoms with Gasteiger partial charge in [0.05, 0.1) is 28.9 Å². The third-order valence-electron chi connectivity index (χ3n) is 8.04. The Balaban J connectivity index is 1.26. The van der Waals surface area contributed by atoms with Crippen LogP contribution < -0.4 is 14.2 Å². The highest BCUT2D eigenvalue weighted by Gasteiger charge is 2.19. The highest BCUT2D eigenvalue weighted by Crippen LogP contribution is 2.36. The van der Waals surface area contributed by atoms with E-state index in [-0.39, 0.29) is 19.3 Å². The van der Waals surface area contributed by atoms with E-state index in [2.05, 4.69) is 41.9 Å². The first-order chi connectivity index (χ1) is 21.9. The van der Waals surface area contributed by atoms with Gasteiger partial charge in [-0.15, -0.1) is 0 Å². The van der Waals surface area contributed by atoms with Gasteiger partial charge in [0.2, 0.25) is 0 Å². The van der Waals surface area contributed by atoms with Crippen LogP contribution in [0.4, 0.5) is 0 Å². The van der Waals surface area contributed by atoms with Crippen molar-refractivity contribution >= 4 is 17.9 Å². The molecule has 1 aromatic heterocycles. The Morgan fingerprint density at radius 3 is 2.53 bits per heavy atom. The largest absolute Gasteiger partial charge is 0.493 e. The number of benzene rings is 3. The van der Waals surface area contributed by atoms with Crippen molar-refractivity contribution in [3.8, 4) is 34.4 Å². The van der Waals surface area contributed by atoms with Crippen LogP contribution in [0.5, 0.6) is 17.2 Å². The van der Waals surface area contributed by atoms with E-state index >= 15 is 0 Å². The molecular weight excluding hydrogens is 590 g/mol. The number of aliphatic hydroxyl groups excluding tert-OH is 1. The Hall–Kier alpha value is -4.42. The monoisotopic (exact) mass is 625 g/mol. The number of likely N-dealkylation sites (tertiary alicyclic amines) is 1. The summed E-state index contributed by atoms with van der Waals surface area (Å²) in [7, 11) is 0. The fourth-order valence-electron chi connectivity index (χ4n) is 5.50. The molecule has 3 aromatic carbocycles. The van der Waals surface area contributed by atoms with Gasteiger partial charge in [-0.05, 0) is 72.7 Å². The maximum absolute atomic E-state index is 11.7. The van der Waals surface area contributed by atoms with Crippen LogP contribution >= 0.6 is 11.6 Å². The molecule has 5 rings (SSSR count). The van der Waals surface area contributed by atoms with E-state index in [9.17, 15) is 9.90 Å². The predicted octanol–water partition coefficient (Wildman–Crippen LogP) is 6.70. The number of aliphatic hydroxyl groups is 1. The lowest BCUT2D eigenvalue weighted by Crippen LogP contribution is -2.24. The summed E-state index contributed by atoms with van der Waals surface area (Å²) < 4.78 is 18.3. The second-order valence-corrected chi connectivity index (χ2v) is 11.6. The Labute approximate surface area is 268 Å². The highest BCUT2D eigenvalue weighted by molar-refractivity contribution is 6.32. The van der Waals surface area contributed by atoms with Gasteiger partial charge >= 0.3 is 0 Å². The molecule has 2 heterocycles. The molecule has 1 atom stereocenters. The first-order valence-electron chi connectivity index (χ1n) is 15.0. The lowest BCUT2D eigenvalue weighted by molar-refractivity contribution is 0.111. The van der Waals surface area contributed by atoms with Crippen molar-refractivity contribution in [3.63, 3.8) is 0 Å². The summed E-state index contributed by atoms with van der Waals surface area (Å²) in [5.41, 5.74) is 6.73. The first-order valence-corrected chi connectivity index (χ1v) is 15.3. The van der Waals surface area contributed by atoms with Crippen LogP contribution in [0.3, 0.4) is 0 Å². The van der Waals surface area contributed by atoms with Crippen LogP contribution in [0.1, 0.15) is 51.0 Å². The van der Waals surface area contributed by atoms with E-state index in [4.69, 9.17) is 31.1 Å². The highest BCUT2D eigenvalue weighted by atomic mass is 35.5. The summed E-state index contributed by atoms with van der Waals surface area (Å²) in [5.74, 6) is 1.57. The molecule has 0 unspecified atom stereocenters. The minimum atomic E-state index is -0.205. The summed E-state index contributed by atoms with van der Waals surface area (Å²) in [5, 5.41) is 19.2. The van der Waals surface area contributed by atoms with E-state index in [1.807, 2.05) is 24.3 Å². The number of aldehydes is 1. The molecular formula is C36H36ClN3O5. The van der Waals surface area contributed by atoms with E-state index in [1.165, 1.54) is 12.3 Å². The summed E-state index contributed by atoms with van der Waals surface area (Å²) >= 11 is 6.49. The van der Waals surface area contributed by atoms with Crippen molar-refractivity contribution < 1.29 is 24.1 Å². The minimum absolute atomic E-state index is 0.121. The zero-order valence-electron chi connectivity index (χ0n) is 25.5. The van der Waals surface area contributed by atoms with Gasteiger partial charge in [0, 0.05) is 43.7 Å². The van der Waals surface area contributed by atoms with Crippen molar-refractivity contribution in [1.29, 1.82) is 5.26 Å². The second-order valence-electron chi connectivity index (χ2n) is 11.2. The zero-order chi connectivity index (χ0) is 31.8. The molecule has 0 radical (unpaired) electrons. The number of nitriles is 1. The van der Waals surface area contributed by atoms with Crippen LogP contribution in [0.25, 0.3) is 11.1 Å². The fraction of sp³-hybridized carbons (Fsp3) is 0.306. The van der Waals surface area contributed by atoms with Crippen molar-refractivity contribution in [3.05, 3.63) is 105 Å². The molecule has 4 aromatic rings. The molecule has 0 spiro atoms. The van der Waals surface area contributed by atoms with Crippen LogP contribution in [0.2, 0.25) is 5.02 Å². The molecule has 232 valence electrons. The lowest BCUT2D eigenvalue weighted by Gasteiger charge is -2.18. The normalized spacial score (nSPS) is 14.6. The van der Waals surface area contributed by atoms with E-state index in [0.717, 1.165) is 66.0 Å². The molecule has 1 fully saturated rings. The lowest BCUT2D eigenvalue weighted by atomic mass is 9.93. The standard InChI is InChI=1S/C36H36ClN3O5/c1-24-28(23-45-36-16-35(29(21-41)15-33(36)37)44-22-27-14-26(17-38)18-39-19-27)6-3-7-31(24)32-8-4-9-34(25(32)2)43-13-5-11-40-12-10-30(42)20-40/h3-4,6-9,14-16,18-19,21,30,42H,5,10-13,20,22-23H2,1-2H3/t30-/m0/s1. The van der Waals surface area contributed by atoms with Gasteiger partial charge in [0.15, 0.2) is 6.29 Å². The number of hydrogen-bond donors (Lipinski definition) is 1. The number of pyridine rings is 1. The number of nitrogens with zero attached hydrogens (tertiary/aromatic N) is 3. The number of aromatic nitrogens is 1. The summed E-state index contributed by atoms with van der Waals surface area (Å²) in [6, 6.07) is 19.1. The van der Waals surface area contributed by atoms with Crippen molar-refractivity contribution in [2.24, 2.45) is 0 Å². The van der Waals surface area contributed by atoms with Crippen LogP contribution in [0, 0.1) is 25.2 Å². The number of rotatable bonds is 13. The third-order valence-corrected chi connectivity index (χ3v) is 8.33. The smallest absolute Gasteiger partial charge is 0.153 e. The van der Waals surface area contributed by atoms with Crippen molar-refractivity contribution in [2.75, 3.05) is 26.2 Å². The van der Waals surface area contributed by atoms with E-state index in [0.29, 0.717) is 46.1 Å². The average Bonchev–Trinajstić information content (AvgIpc) is 3.47.